The molecular weight excluding hydrogens is 282 g/mol. The summed E-state index contributed by atoms with van der Waals surface area (Å²) in [4.78, 5) is 11.4. The Morgan fingerprint density at radius 1 is 1.43 bits per heavy atom. The van der Waals surface area contributed by atoms with E-state index >= 15 is 0 Å². The van der Waals surface area contributed by atoms with Gasteiger partial charge in [-0.2, -0.15) is 8.78 Å². The fraction of sp³-hybridized carbons (Fsp3) is 0.500. The van der Waals surface area contributed by atoms with Gasteiger partial charge in [-0.05, 0) is 25.5 Å². The summed E-state index contributed by atoms with van der Waals surface area (Å²) in [5.41, 5.74) is 5.84. The number of nitrogens with two attached hydrogens (primary N) is 1. The van der Waals surface area contributed by atoms with Gasteiger partial charge in [0.15, 0.2) is 0 Å². The second kappa shape index (κ2) is 8.41. The number of carbonyl (C=O) groups is 1. The van der Waals surface area contributed by atoms with Crippen molar-refractivity contribution in [3.05, 3.63) is 23.8 Å². The Bertz CT molecular complexity index is 468. The highest BCUT2D eigenvalue weighted by Gasteiger charge is 2.13. The molecule has 1 aromatic carbocycles. The molecule has 7 heteroatoms. The maximum Gasteiger partial charge on any atom is 0.387 e. The zero-order chi connectivity index (χ0) is 15.8. The molecule has 118 valence electrons. The minimum absolute atomic E-state index is 0.0245. The Morgan fingerprint density at radius 2 is 2.14 bits per heavy atom. The van der Waals surface area contributed by atoms with Crippen molar-refractivity contribution >= 4 is 5.91 Å². The molecule has 0 spiro atoms. The molecule has 0 bridgehead atoms. The van der Waals surface area contributed by atoms with Crippen LogP contribution in [0.25, 0.3) is 0 Å². The number of carbonyl (C=O) groups excluding carboxylic acids is 1. The average Bonchev–Trinajstić information content (AvgIpc) is 2.42. The standard InChI is InChI=1S/C14H20F2N2O3/c1-3-6-20-11-5-4-10(8-18-13(19)9(2)17)12(7-11)21-14(15)16/h4-5,7,9,14H,3,6,8,17H2,1-2H3,(H,18,19)/t9-/m1/s1. The van der Waals surface area contributed by atoms with Crippen LogP contribution in [0, 0.1) is 0 Å². The first-order valence-electron chi connectivity index (χ1n) is 6.67. The second-order valence-electron chi connectivity index (χ2n) is 4.50. The van der Waals surface area contributed by atoms with Crippen LogP contribution >= 0.6 is 0 Å². The van der Waals surface area contributed by atoms with E-state index in [4.69, 9.17) is 10.5 Å². The van der Waals surface area contributed by atoms with Crippen LogP contribution < -0.4 is 20.5 Å². The van der Waals surface area contributed by atoms with Crippen molar-refractivity contribution in [3.8, 4) is 11.5 Å². The third kappa shape index (κ3) is 5.95. The zero-order valence-corrected chi connectivity index (χ0v) is 12.1. The number of alkyl halides is 2. The molecule has 1 rings (SSSR count). The van der Waals surface area contributed by atoms with Gasteiger partial charge in [0.25, 0.3) is 0 Å². The Balaban J connectivity index is 2.82. The highest BCUT2D eigenvalue weighted by atomic mass is 19.3. The Morgan fingerprint density at radius 3 is 2.71 bits per heavy atom. The highest BCUT2D eigenvalue weighted by Crippen LogP contribution is 2.26. The predicted molar refractivity (Wildman–Crippen MR) is 74.4 cm³/mol. The van der Waals surface area contributed by atoms with Crippen LogP contribution in [-0.4, -0.2) is 25.2 Å². The predicted octanol–water partition coefficient (Wildman–Crippen LogP) is 2.04. The normalized spacial score (nSPS) is 12.1. The molecule has 5 nitrogen and oxygen atoms in total. The molecule has 21 heavy (non-hydrogen) atoms. The van der Waals surface area contributed by atoms with Crippen molar-refractivity contribution in [2.45, 2.75) is 39.5 Å². The third-order valence-electron chi connectivity index (χ3n) is 2.59. The average molecular weight is 302 g/mol. The van der Waals surface area contributed by atoms with Crippen LogP contribution in [0.15, 0.2) is 18.2 Å². The first kappa shape index (κ1) is 17.2. The number of amides is 1. The highest BCUT2D eigenvalue weighted by molar-refractivity contribution is 5.81. The maximum atomic E-state index is 12.4. The van der Waals surface area contributed by atoms with Gasteiger partial charge in [-0.15, -0.1) is 0 Å². The number of benzene rings is 1. The molecule has 0 fully saturated rings. The van der Waals surface area contributed by atoms with E-state index in [1.54, 1.807) is 12.1 Å². The van der Waals surface area contributed by atoms with Crippen LogP contribution in [-0.2, 0) is 11.3 Å². The quantitative estimate of drug-likeness (QED) is 0.770. The first-order chi connectivity index (χ1) is 9.93. The monoisotopic (exact) mass is 302 g/mol. The van der Waals surface area contributed by atoms with Crippen molar-refractivity contribution in [3.63, 3.8) is 0 Å². The molecule has 1 aromatic rings. The summed E-state index contributed by atoms with van der Waals surface area (Å²) in [5.74, 6) is 0.0441. The lowest BCUT2D eigenvalue weighted by Crippen LogP contribution is -2.37. The van der Waals surface area contributed by atoms with Crippen molar-refractivity contribution in [1.29, 1.82) is 0 Å². The summed E-state index contributed by atoms with van der Waals surface area (Å²) >= 11 is 0. The van der Waals surface area contributed by atoms with Crippen molar-refractivity contribution < 1.29 is 23.0 Å². The van der Waals surface area contributed by atoms with Gasteiger partial charge in [-0.3, -0.25) is 4.79 Å². The summed E-state index contributed by atoms with van der Waals surface area (Å²) in [7, 11) is 0. The number of halogens is 2. The van der Waals surface area contributed by atoms with E-state index in [0.29, 0.717) is 17.9 Å². The zero-order valence-electron chi connectivity index (χ0n) is 12.1. The lowest BCUT2D eigenvalue weighted by atomic mass is 10.2. The van der Waals surface area contributed by atoms with Crippen LogP contribution in [0.4, 0.5) is 8.78 Å². The first-order valence-corrected chi connectivity index (χ1v) is 6.67. The number of rotatable bonds is 8. The molecular formula is C14H20F2N2O3. The molecule has 1 atom stereocenters. The summed E-state index contributed by atoms with van der Waals surface area (Å²) in [6.45, 7) is 1.06. The number of nitrogens with one attached hydrogen (secondary N) is 1. The van der Waals surface area contributed by atoms with Crippen molar-refractivity contribution in [2.24, 2.45) is 5.73 Å². The van der Waals surface area contributed by atoms with E-state index in [2.05, 4.69) is 10.1 Å². The van der Waals surface area contributed by atoms with Gasteiger partial charge in [0.1, 0.15) is 11.5 Å². The topological polar surface area (TPSA) is 73.6 Å². The van der Waals surface area contributed by atoms with Gasteiger partial charge in [-0.25, -0.2) is 0 Å². The lowest BCUT2D eigenvalue weighted by molar-refractivity contribution is -0.122. The SMILES string of the molecule is CCCOc1ccc(CNC(=O)[C@@H](C)N)c(OC(F)F)c1. The van der Waals surface area contributed by atoms with E-state index in [9.17, 15) is 13.6 Å². The molecule has 0 heterocycles. The van der Waals surface area contributed by atoms with Gasteiger partial charge in [0.2, 0.25) is 5.91 Å². The largest absolute Gasteiger partial charge is 0.493 e. The van der Waals surface area contributed by atoms with Gasteiger partial charge in [-0.1, -0.05) is 6.92 Å². The molecule has 0 aliphatic rings. The Kier molecular flexibility index (Phi) is 6.87. The minimum atomic E-state index is -2.95. The van der Waals surface area contributed by atoms with E-state index in [-0.39, 0.29) is 18.2 Å². The van der Waals surface area contributed by atoms with E-state index < -0.39 is 12.7 Å². The van der Waals surface area contributed by atoms with Crippen molar-refractivity contribution in [2.75, 3.05) is 6.61 Å². The van der Waals surface area contributed by atoms with Crippen LogP contribution in [0.2, 0.25) is 0 Å². The molecule has 0 unspecified atom stereocenters. The minimum Gasteiger partial charge on any atom is -0.493 e. The summed E-state index contributed by atoms with van der Waals surface area (Å²) in [6.07, 6.45) is 0.803. The molecule has 3 N–H and O–H groups in total. The van der Waals surface area contributed by atoms with Crippen molar-refractivity contribution in [1.82, 2.24) is 5.32 Å². The van der Waals surface area contributed by atoms with Crippen LogP contribution in [0.1, 0.15) is 25.8 Å². The fourth-order valence-corrected chi connectivity index (χ4v) is 1.54. The maximum absolute atomic E-state index is 12.4. The van der Waals surface area contributed by atoms with E-state index in [0.717, 1.165) is 6.42 Å². The molecule has 1 amide bonds. The molecule has 0 saturated heterocycles. The van der Waals surface area contributed by atoms with Gasteiger partial charge >= 0.3 is 6.61 Å². The van der Waals surface area contributed by atoms with Gasteiger partial charge in [0.05, 0.1) is 12.6 Å². The Hall–Kier alpha value is -1.89. The van der Waals surface area contributed by atoms with E-state index in [1.165, 1.54) is 13.0 Å². The lowest BCUT2D eigenvalue weighted by Gasteiger charge is -2.14. The molecule has 0 aliphatic heterocycles. The van der Waals surface area contributed by atoms with E-state index in [1.807, 2.05) is 6.92 Å². The fourth-order valence-electron chi connectivity index (χ4n) is 1.54. The van der Waals surface area contributed by atoms with Crippen LogP contribution in [0.5, 0.6) is 11.5 Å². The summed E-state index contributed by atoms with van der Waals surface area (Å²) < 4.78 is 34.7. The molecule has 0 radical (unpaired) electrons. The smallest absolute Gasteiger partial charge is 0.387 e. The summed E-state index contributed by atoms with van der Waals surface area (Å²) in [6, 6.07) is 3.93. The number of hydrogen-bond donors (Lipinski definition) is 2. The van der Waals surface area contributed by atoms with Gasteiger partial charge < -0.3 is 20.5 Å². The molecule has 0 saturated carbocycles. The number of ether oxygens (including phenoxy) is 2. The molecule has 0 aliphatic carbocycles. The Labute approximate surface area is 122 Å². The number of hydrogen-bond acceptors (Lipinski definition) is 4. The molecule has 0 aromatic heterocycles. The summed E-state index contributed by atoms with van der Waals surface area (Å²) in [5, 5.41) is 2.55. The second-order valence-corrected chi connectivity index (χ2v) is 4.50. The van der Waals surface area contributed by atoms with Gasteiger partial charge in [0, 0.05) is 18.2 Å². The third-order valence-corrected chi connectivity index (χ3v) is 2.59. The van der Waals surface area contributed by atoms with Crippen LogP contribution in [0.3, 0.4) is 0 Å².